The Labute approximate surface area is 158 Å². The number of hydrogen-bond donors (Lipinski definition) is 1. The summed E-state index contributed by atoms with van der Waals surface area (Å²) in [7, 11) is 1.75. The van der Waals surface area contributed by atoms with Crippen LogP contribution in [0.15, 0.2) is 42.5 Å². The van der Waals surface area contributed by atoms with Crippen molar-refractivity contribution in [1.29, 1.82) is 0 Å². The molecule has 0 aromatic heterocycles. The van der Waals surface area contributed by atoms with Crippen LogP contribution < -0.4 is 5.32 Å². The number of benzene rings is 2. The highest BCUT2D eigenvalue weighted by molar-refractivity contribution is 5.95. The van der Waals surface area contributed by atoms with Crippen molar-refractivity contribution in [1.82, 2.24) is 10.2 Å². The summed E-state index contributed by atoms with van der Waals surface area (Å²) < 4.78 is 0. The standard InChI is InChI=1S/C20H23N3O4/c1-13(2)22(4)20(25)16-9-6-15(7-10-16)12-21-19(24)17-8-5-14(3)18(11-17)23(26)27/h5-11,13H,12H2,1-4H3,(H,21,24). The van der Waals surface area contributed by atoms with Crippen LogP contribution in [0.5, 0.6) is 0 Å². The van der Waals surface area contributed by atoms with E-state index in [2.05, 4.69) is 5.32 Å². The lowest BCUT2D eigenvalue weighted by Gasteiger charge is -2.21. The van der Waals surface area contributed by atoms with E-state index in [1.165, 1.54) is 6.07 Å². The molecule has 0 aliphatic carbocycles. The normalized spacial score (nSPS) is 10.6. The molecule has 7 heteroatoms. The first-order valence-corrected chi connectivity index (χ1v) is 8.60. The van der Waals surface area contributed by atoms with E-state index in [0.29, 0.717) is 11.1 Å². The van der Waals surface area contributed by atoms with Crippen molar-refractivity contribution in [3.8, 4) is 0 Å². The van der Waals surface area contributed by atoms with Crippen LogP contribution in [0.2, 0.25) is 0 Å². The van der Waals surface area contributed by atoms with Crippen molar-refractivity contribution >= 4 is 17.5 Å². The van der Waals surface area contributed by atoms with Crippen molar-refractivity contribution in [3.05, 3.63) is 74.8 Å². The van der Waals surface area contributed by atoms with Crippen LogP contribution >= 0.6 is 0 Å². The highest BCUT2D eigenvalue weighted by atomic mass is 16.6. The highest BCUT2D eigenvalue weighted by Gasteiger charge is 2.16. The third kappa shape index (κ3) is 4.91. The summed E-state index contributed by atoms with van der Waals surface area (Å²) in [6.45, 7) is 5.77. The van der Waals surface area contributed by atoms with Gasteiger partial charge >= 0.3 is 0 Å². The van der Waals surface area contributed by atoms with Crippen molar-refractivity contribution < 1.29 is 14.5 Å². The van der Waals surface area contributed by atoms with Crippen LogP contribution in [0, 0.1) is 17.0 Å². The topological polar surface area (TPSA) is 92.6 Å². The second-order valence-electron chi connectivity index (χ2n) is 6.65. The number of nitro groups is 1. The second-order valence-corrected chi connectivity index (χ2v) is 6.65. The molecule has 0 atom stereocenters. The molecule has 0 radical (unpaired) electrons. The molecule has 2 amide bonds. The van der Waals surface area contributed by atoms with Gasteiger partial charge in [0.15, 0.2) is 0 Å². The molecular formula is C20H23N3O4. The molecule has 0 aliphatic heterocycles. The Balaban J connectivity index is 2.02. The molecule has 0 saturated carbocycles. The summed E-state index contributed by atoms with van der Waals surface area (Å²) in [5.74, 6) is -0.453. The molecule has 0 aliphatic rings. The lowest BCUT2D eigenvalue weighted by molar-refractivity contribution is -0.385. The molecule has 2 aromatic rings. The SMILES string of the molecule is Cc1ccc(C(=O)NCc2ccc(C(=O)N(C)C(C)C)cc2)cc1[N+](=O)[O-]. The lowest BCUT2D eigenvalue weighted by atomic mass is 10.1. The van der Waals surface area contributed by atoms with E-state index in [9.17, 15) is 19.7 Å². The van der Waals surface area contributed by atoms with E-state index in [-0.39, 0.29) is 29.7 Å². The third-order valence-corrected chi connectivity index (χ3v) is 4.42. The summed E-state index contributed by atoms with van der Waals surface area (Å²) in [6, 6.07) is 11.5. The fraction of sp³-hybridized carbons (Fsp3) is 0.300. The van der Waals surface area contributed by atoms with E-state index in [0.717, 1.165) is 5.56 Å². The Morgan fingerprint density at radius 3 is 2.26 bits per heavy atom. The van der Waals surface area contributed by atoms with Crippen molar-refractivity contribution in [2.45, 2.75) is 33.4 Å². The second kappa shape index (κ2) is 8.44. The van der Waals surface area contributed by atoms with E-state index in [1.807, 2.05) is 13.8 Å². The van der Waals surface area contributed by atoms with Gasteiger partial charge in [0.1, 0.15) is 0 Å². The van der Waals surface area contributed by atoms with E-state index in [1.54, 1.807) is 55.3 Å². The Morgan fingerprint density at radius 1 is 1.11 bits per heavy atom. The number of carbonyl (C=O) groups excluding carboxylic acids is 2. The summed E-state index contributed by atoms with van der Waals surface area (Å²) in [5, 5.41) is 13.7. The zero-order valence-electron chi connectivity index (χ0n) is 15.9. The molecule has 2 aromatic carbocycles. The molecule has 0 unspecified atom stereocenters. The Morgan fingerprint density at radius 2 is 1.70 bits per heavy atom. The van der Waals surface area contributed by atoms with Crippen LogP contribution in [0.3, 0.4) is 0 Å². The van der Waals surface area contributed by atoms with E-state index in [4.69, 9.17) is 0 Å². The zero-order valence-corrected chi connectivity index (χ0v) is 15.9. The van der Waals surface area contributed by atoms with Gasteiger partial charge in [-0.25, -0.2) is 0 Å². The first kappa shape index (κ1) is 20.1. The molecule has 7 nitrogen and oxygen atoms in total. The molecule has 1 N–H and O–H groups in total. The van der Waals surface area contributed by atoms with E-state index >= 15 is 0 Å². The van der Waals surface area contributed by atoms with Gasteiger partial charge in [0.05, 0.1) is 4.92 Å². The number of amides is 2. The highest BCUT2D eigenvalue weighted by Crippen LogP contribution is 2.19. The number of rotatable bonds is 6. The van der Waals surface area contributed by atoms with Crippen LogP contribution in [0.1, 0.15) is 45.7 Å². The van der Waals surface area contributed by atoms with Crippen molar-refractivity contribution in [2.24, 2.45) is 0 Å². The quantitative estimate of drug-likeness (QED) is 0.624. The first-order chi connectivity index (χ1) is 12.7. The zero-order chi connectivity index (χ0) is 20.1. The number of nitrogens with zero attached hydrogens (tertiary/aromatic N) is 2. The number of hydrogen-bond acceptors (Lipinski definition) is 4. The number of nitrogens with one attached hydrogen (secondary N) is 1. The van der Waals surface area contributed by atoms with Gasteiger partial charge in [0, 0.05) is 42.4 Å². The van der Waals surface area contributed by atoms with Gasteiger partial charge in [-0.05, 0) is 44.5 Å². The Hall–Kier alpha value is -3.22. The number of carbonyl (C=O) groups is 2. The van der Waals surface area contributed by atoms with Gasteiger partial charge in [0.2, 0.25) is 0 Å². The van der Waals surface area contributed by atoms with Crippen LogP contribution in [-0.4, -0.2) is 34.7 Å². The Bertz CT molecular complexity index is 860. The average Bonchev–Trinajstić information content (AvgIpc) is 2.65. The smallest absolute Gasteiger partial charge is 0.273 e. The van der Waals surface area contributed by atoms with Crippen molar-refractivity contribution in [3.63, 3.8) is 0 Å². The maximum absolute atomic E-state index is 12.3. The fourth-order valence-electron chi connectivity index (χ4n) is 2.44. The average molecular weight is 369 g/mol. The van der Waals surface area contributed by atoms with Gasteiger partial charge in [0.25, 0.3) is 17.5 Å². The molecule has 142 valence electrons. The van der Waals surface area contributed by atoms with Gasteiger partial charge in [-0.1, -0.05) is 18.2 Å². The fourth-order valence-corrected chi connectivity index (χ4v) is 2.44. The molecule has 27 heavy (non-hydrogen) atoms. The van der Waals surface area contributed by atoms with Gasteiger partial charge in [-0.15, -0.1) is 0 Å². The molecule has 0 heterocycles. The predicted octanol–water partition coefficient (Wildman–Crippen LogP) is 3.31. The summed E-state index contributed by atoms with van der Waals surface area (Å²) in [5.41, 5.74) is 2.06. The third-order valence-electron chi connectivity index (χ3n) is 4.42. The van der Waals surface area contributed by atoms with Gasteiger partial charge in [-0.3, -0.25) is 19.7 Å². The van der Waals surface area contributed by atoms with Crippen LogP contribution in [0.4, 0.5) is 5.69 Å². The molecule has 2 rings (SSSR count). The van der Waals surface area contributed by atoms with Gasteiger partial charge < -0.3 is 10.2 Å². The monoisotopic (exact) mass is 369 g/mol. The predicted molar refractivity (Wildman–Crippen MR) is 103 cm³/mol. The minimum absolute atomic E-state index is 0.0625. The largest absolute Gasteiger partial charge is 0.348 e. The maximum atomic E-state index is 12.3. The summed E-state index contributed by atoms with van der Waals surface area (Å²) >= 11 is 0. The van der Waals surface area contributed by atoms with E-state index < -0.39 is 10.8 Å². The number of nitro benzene ring substituents is 1. The maximum Gasteiger partial charge on any atom is 0.273 e. The molecule has 0 fully saturated rings. The van der Waals surface area contributed by atoms with Gasteiger partial charge in [-0.2, -0.15) is 0 Å². The summed E-state index contributed by atoms with van der Waals surface area (Å²) in [4.78, 5) is 36.7. The van der Waals surface area contributed by atoms with Crippen LogP contribution in [0.25, 0.3) is 0 Å². The minimum atomic E-state index is -0.504. The minimum Gasteiger partial charge on any atom is -0.348 e. The molecular weight excluding hydrogens is 346 g/mol. The van der Waals surface area contributed by atoms with Crippen molar-refractivity contribution in [2.75, 3.05) is 7.05 Å². The molecule has 0 bridgehead atoms. The Kier molecular flexibility index (Phi) is 6.28. The summed E-state index contributed by atoms with van der Waals surface area (Å²) in [6.07, 6.45) is 0. The molecule has 0 saturated heterocycles. The molecule has 0 spiro atoms. The first-order valence-electron chi connectivity index (χ1n) is 8.60. The lowest BCUT2D eigenvalue weighted by Crippen LogP contribution is -2.32. The number of aryl methyl sites for hydroxylation is 1. The van der Waals surface area contributed by atoms with Crippen LogP contribution in [-0.2, 0) is 6.54 Å².